The maximum absolute atomic E-state index is 10.2. The average Bonchev–Trinajstić information content (AvgIpc) is 2.62. The van der Waals surface area contributed by atoms with E-state index in [2.05, 4.69) is 9.64 Å². The van der Waals surface area contributed by atoms with Gasteiger partial charge in [0.05, 0.1) is 10.1 Å². The van der Waals surface area contributed by atoms with Crippen molar-refractivity contribution < 1.29 is 4.68 Å². The molecule has 0 radical (unpaired) electrons. The monoisotopic (exact) mass is 219 g/mol. The van der Waals surface area contributed by atoms with Crippen LogP contribution in [0.2, 0.25) is 0 Å². The molecule has 15 heavy (non-hydrogen) atoms. The topological polar surface area (TPSA) is 52.2 Å². The summed E-state index contributed by atoms with van der Waals surface area (Å²) in [5.74, 6) is 0. The normalized spacial score (nSPS) is 11.0. The molecule has 1 aromatic heterocycles. The molecule has 0 saturated carbocycles. The maximum Gasteiger partial charge on any atom is 0.260 e. The summed E-state index contributed by atoms with van der Waals surface area (Å²) >= 11 is 1.26. The number of aromatic nitrogens is 2. The third kappa shape index (κ3) is 1.87. The molecule has 1 heterocycles. The molecule has 0 N–H and O–H groups in total. The summed E-state index contributed by atoms with van der Waals surface area (Å²) in [7, 11) is 1.85. The van der Waals surface area contributed by atoms with Crippen molar-refractivity contribution in [1.29, 1.82) is 0 Å². The largest absolute Gasteiger partial charge is 0.792 e. The first kappa shape index (κ1) is 9.79. The summed E-state index contributed by atoms with van der Waals surface area (Å²) < 4.78 is 5.89. The molecule has 5 heteroatoms. The Bertz CT molecular complexity index is 479. The minimum atomic E-state index is 0.777. The van der Waals surface area contributed by atoms with E-state index in [1.54, 1.807) is 4.68 Å². The number of nitrogens with zero attached hydrogens (tertiary/aromatic N) is 3. The molecule has 0 spiro atoms. The van der Waals surface area contributed by atoms with Gasteiger partial charge in [-0.15, -0.1) is 0 Å². The molecule has 4 nitrogen and oxygen atoms in total. The van der Waals surface area contributed by atoms with Crippen molar-refractivity contribution in [1.82, 2.24) is 4.49 Å². The number of benzene rings is 1. The van der Waals surface area contributed by atoms with E-state index in [4.69, 9.17) is 0 Å². The molecule has 2 aromatic rings. The summed E-state index contributed by atoms with van der Waals surface area (Å²) in [6.07, 6.45) is 1.29. The van der Waals surface area contributed by atoms with Crippen LogP contribution in [0, 0.1) is 5.21 Å². The lowest BCUT2D eigenvalue weighted by Gasteiger charge is -1.94. The van der Waals surface area contributed by atoms with E-state index in [9.17, 15) is 5.21 Å². The fraction of sp³-hybridized carbons (Fsp3) is 0.100. The lowest BCUT2D eigenvalue weighted by Crippen LogP contribution is -2.31. The summed E-state index contributed by atoms with van der Waals surface area (Å²) in [5.41, 5.74) is 1.95. The van der Waals surface area contributed by atoms with E-state index < -0.39 is 0 Å². The van der Waals surface area contributed by atoms with Crippen molar-refractivity contribution in [3.63, 3.8) is 0 Å². The van der Waals surface area contributed by atoms with Crippen LogP contribution >= 0.6 is 11.5 Å². The number of rotatable bonds is 2. The highest BCUT2D eigenvalue weighted by atomic mass is 32.1. The van der Waals surface area contributed by atoms with Crippen LogP contribution in [0.3, 0.4) is 0 Å². The van der Waals surface area contributed by atoms with E-state index in [1.165, 1.54) is 17.7 Å². The average molecular weight is 219 g/mol. The van der Waals surface area contributed by atoms with Crippen LogP contribution in [-0.4, -0.2) is 10.7 Å². The van der Waals surface area contributed by atoms with Crippen molar-refractivity contribution in [3.05, 3.63) is 40.4 Å². The Hall–Kier alpha value is -1.75. The zero-order chi connectivity index (χ0) is 10.7. The SMILES string of the molecule is C[n+]1nsc(/C=N/[O-])c1-c1ccccc1. The first-order valence-corrected chi connectivity index (χ1v) is 5.17. The van der Waals surface area contributed by atoms with E-state index in [0.717, 1.165) is 16.1 Å². The molecule has 0 unspecified atom stereocenters. The zero-order valence-corrected chi connectivity index (χ0v) is 8.94. The predicted octanol–water partition coefficient (Wildman–Crippen LogP) is 1.55. The quantitative estimate of drug-likeness (QED) is 0.437. The lowest BCUT2D eigenvalue weighted by molar-refractivity contribution is -0.712. The fourth-order valence-electron chi connectivity index (χ4n) is 1.41. The Morgan fingerprint density at radius 1 is 1.40 bits per heavy atom. The molecule has 0 aliphatic carbocycles. The predicted molar refractivity (Wildman–Crippen MR) is 59.7 cm³/mol. The second-order valence-corrected chi connectivity index (χ2v) is 3.80. The fourth-order valence-corrected chi connectivity index (χ4v) is 2.13. The van der Waals surface area contributed by atoms with Gasteiger partial charge < -0.3 is 10.4 Å². The van der Waals surface area contributed by atoms with Gasteiger partial charge in [0.25, 0.3) is 5.69 Å². The first-order chi connectivity index (χ1) is 7.33. The van der Waals surface area contributed by atoms with Gasteiger partial charge in [-0.3, -0.25) is 0 Å². The van der Waals surface area contributed by atoms with Gasteiger partial charge in [0.15, 0.2) is 7.05 Å². The van der Waals surface area contributed by atoms with Crippen LogP contribution in [0.1, 0.15) is 4.88 Å². The molecular formula is C10H9N3OS. The minimum Gasteiger partial charge on any atom is -0.792 e. The molecule has 0 amide bonds. The van der Waals surface area contributed by atoms with Crippen LogP contribution in [0.25, 0.3) is 11.3 Å². The third-order valence-electron chi connectivity index (χ3n) is 2.04. The van der Waals surface area contributed by atoms with Gasteiger partial charge in [-0.1, -0.05) is 22.9 Å². The smallest absolute Gasteiger partial charge is 0.260 e. The van der Waals surface area contributed by atoms with E-state index in [-0.39, 0.29) is 0 Å². The van der Waals surface area contributed by atoms with Crippen molar-refractivity contribution in [2.45, 2.75) is 0 Å². The second-order valence-electron chi connectivity index (χ2n) is 3.01. The maximum atomic E-state index is 10.2. The van der Waals surface area contributed by atoms with Gasteiger partial charge in [-0.2, -0.15) is 0 Å². The Labute approximate surface area is 91.3 Å². The highest BCUT2D eigenvalue weighted by molar-refractivity contribution is 7.07. The van der Waals surface area contributed by atoms with E-state index in [1.807, 2.05) is 37.4 Å². The van der Waals surface area contributed by atoms with Gasteiger partial charge >= 0.3 is 0 Å². The molecule has 0 atom stereocenters. The van der Waals surface area contributed by atoms with Crippen molar-refractivity contribution >= 4 is 17.7 Å². The van der Waals surface area contributed by atoms with Gasteiger partial charge in [0.2, 0.25) is 0 Å². The van der Waals surface area contributed by atoms with Crippen LogP contribution in [0.5, 0.6) is 0 Å². The standard InChI is InChI=1S/C10H9N3OS/c1-13-10(8-5-3-2-4-6-8)9(7-11-14)15-12-13/h2-7H,1H3/b11-7+. The number of hydrogen-bond acceptors (Lipinski definition) is 4. The molecule has 0 bridgehead atoms. The first-order valence-electron chi connectivity index (χ1n) is 4.40. The van der Waals surface area contributed by atoms with E-state index in [0.29, 0.717) is 0 Å². The van der Waals surface area contributed by atoms with Crippen LogP contribution < -0.4 is 4.68 Å². The van der Waals surface area contributed by atoms with Crippen molar-refractivity contribution in [3.8, 4) is 11.3 Å². The summed E-state index contributed by atoms with van der Waals surface area (Å²) in [6.45, 7) is 0. The summed E-state index contributed by atoms with van der Waals surface area (Å²) in [5, 5.41) is 13.0. The van der Waals surface area contributed by atoms with Gasteiger partial charge in [0, 0.05) is 17.7 Å². The van der Waals surface area contributed by atoms with Crippen LogP contribution in [-0.2, 0) is 7.05 Å². The van der Waals surface area contributed by atoms with Crippen LogP contribution in [0.4, 0.5) is 0 Å². The molecule has 76 valence electrons. The lowest BCUT2D eigenvalue weighted by atomic mass is 10.1. The number of aryl methyl sites for hydroxylation is 1. The second kappa shape index (κ2) is 4.18. The van der Waals surface area contributed by atoms with Crippen molar-refractivity contribution in [2.24, 2.45) is 12.2 Å². The van der Waals surface area contributed by atoms with Crippen molar-refractivity contribution in [2.75, 3.05) is 0 Å². The third-order valence-corrected chi connectivity index (χ3v) is 2.86. The van der Waals surface area contributed by atoms with Gasteiger partial charge in [0.1, 0.15) is 4.88 Å². The highest BCUT2D eigenvalue weighted by Gasteiger charge is 2.18. The number of hydrogen-bond donors (Lipinski definition) is 0. The molecule has 0 fully saturated rings. The Morgan fingerprint density at radius 3 is 2.80 bits per heavy atom. The molecule has 1 aromatic carbocycles. The van der Waals surface area contributed by atoms with Crippen LogP contribution in [0.15, 0.2) is 35.5 Å². The highest BCUT2D eigenvalue weighted by Crippen LogP contribution is 2.20. The zero-order valence-electron chi connectivity index (χ0n) is 8.12. The molecule has 0 aliphatic rings. The molecule has 0 aliphatic heterocycles. The molecule has 2 rings (SSSR count). The minimum absolute atomic E-state index is 0.777. The summed E-state index contributed by atoms with van der Waals surface area (Å²) in [4.78, 5) is 0.777. The van der Waals surface area contributed by atoms with Gasteiger partial charge in [-0.25, -0.2) is 0 Å². The van der Waals surface area contributed by atoms with Gasteiger partial charge in [-0.05, 0) is 12.1 Å². The summed E-state index contributed by atoms with van der Waals surface area (Å²) in [6, 6.07) is 9.80. The van der Waals surface area contributed by atoms with E-state index >= 15 is 0 Å². The Balaban J connectivity index is 2.56. The molecule has 0 saturated heterocycles. The Kier molecular flexibility index (Phi) is 2.73. The molecular weight excluding hydrogens is 210 g/mol. The Morgan fingerprint density at radius 2 is 2.13 bits per heavy atom.